The molecular weight excluding hydrogens is 378 g/mol. The summed E-state index contributed by atoms with van der Waals surface area (Å²) >= 11 is 1.45. The van der Waals surface area contributed by atoms with E-state index in [9.17, 15) is 4.79 Å². The van der Waals surface area contributed by atoms with Crippen molar-refractivity contribution in [2.75, 3.05) is 0 Å². The largest absolute Gasteiger partial charge is 0.489 e. The lowest BCUT2D eigenvalue weighted by Crippen LogP contribution is -2.26. The standard InChI is InChI=1S/C25H29NO2S/c1-17-8-6-7-9-22(17)28-15-19-14-23(29-16-19)24(27)26-18(2)20-10-12-21(13-11-20)25(3,4)5/h6-14,16,18H,15H2,1-5H3,(H,26,27). The zero-order chi connectivity index (χ0) is 21.0. The van der Waals surface area contributed by atoms with Crippen molar-refractivity contribution in [3.8, 4) is 5.75 Å². The second-order valence-corrected chi connectivity index (χ2v) is 9.35. The average molecular weight is 408 g/mol. The molecule has 0 radical (unpaired) electrons. The third-order valence-electron chi connectivity index (χ3n) is 4.99. The van der Waals surface area contributed by atoms with E-state index in [0.29, 0.717) is 11.5 Å². The molecule has 1 unspecified atom stereocenters. The molecule has 0 aliphatic rings. The number of carbonyl (C=O) groups excluding carboxylic acids is 1. The van der Waals surface area contributed by atoms with E-state index in [1.54, 1.807) is 0 Å². The molecule has 1 amide bonds. The number of thiophene rings is 1. The van der Waals surface area contributed by atoms with Gasteiger partial charge in [0.2, 0.25) is 0 Å². The highest BCUT2D eigenvalue weighted by molar-refractivity contribution is 7.12. The van der Waals surface area contributed by atoms with Gasteiger partial charge < -0.3 is 10.1 Å². The number of carbonyl (C=O) groups is 1. The third-order valence-corrected chi connectivity index (χ3v) is 5.97. The Morgan fingerprint density at radius 3 is 2.45 bits per heavy atom. The molecule has 152 valence electrons. The molecule has 0 spiro atoms. The number of ether oxygens (including phenoxy) is 1. The van der Waals surface area contributed by atoms with Gasteiger partial charge in [-0.1, -0.05) is 63.2 Å². The third kappa shape index (κ3) is 5.48. The molecule has 0 aliphatic heterocycles. The molecule has 0 saturated heterocycles. The maximum Gasteiger partial charge on any atom is 0.261 e. The molecule has 0 fully saturated rings. The van der Waals surface area contributed by atoms with Gasteiger partial charge in [0, 0.05) is 5.56 Å². The zero-order valence-electron chi connectivity index (χ0n) is 17.8. The zero-order valence-corrected chi connectivity index (χ0v) is 18.6. The fraction of sp³-hybridized carbons (Fsp3) is 0.320. The van der Waals surface area contributed by atoms with Gasteiger partial charge >= 0.3 is 0 Å². The van der Waals surface area contributed by atoms with Crippen molar-refractivity contribution in [2.24, 2.45) is 0 Å². The minimum Gasteiger partial charge on any atom is -0.489 e. The van der Waals surface area contributed by atoms with Crippen LogP contribution in [0, 0.1) is 6.92 Å². The number of nitrogens with one attached hydrogen (secondary N) is 1. The van der Waals surface area contributed by atoms with Gasteiger partial charge in [-0.3, -0.25) is 4.79 Å². The highest BCUT2D eigenvalue weighted by Gasteiger charge is 2.16. The topological polar surface area (TPSA) is 38.3 Å². The van der Waals surface area contributed by atoms with Crippen molar-refractivity contribution in [3.63, 3.8) is 0 Å². The summed E-state index contributed by atoms with van der Waals surface area (Å²) in [6.07, 6.45) is 0. The second kappa shape index (κ2) is 8.83. The van der Waals surface area contributed by atoms with Gasteiger partial charge in [-0.05, 0) is 53.5 Å². The molecule has 3 aromatic rings. The van der Waals surface area contributed by atoms with E-state index in [2.05, 4.69) is 50.4 Å². The van der Waals surface area contributed by atoms with Gasteiger partial charge in [-0.15, -0.1) is 11.3 Å². The Morgan fingerprint density at radius 2 is 1.79 bits per heavy atom. The molecule has 3 nitrogen and oxygen atoms in total. The van der Waals surface area contributed by atoms with E-state index >= 15 is 0 Å². The summed E-state index contributed by atoms with van der Waals surface area (Å²) in [5.41, 5.74) is 4.62. The summed E-state index contributed by atoms with van der Waals surface area (Å²) in [6, 6.07) is 18.3. The van der Waals surface area contributed by atoms with E-state index < -0.39 is 0 Å². The van der Waals surface area contributed by atoms with Crippen LogP contribution in [0.15, 0.2) is 60.0 Å². The molecule has 3 rings (SSSR count). The Bertz CT molecular complexity index is 967. The van der Waals surface area contributed by atoms with Crippen molar-refractivity contribution < 1.29 is 9.53 Å². The highest BCUT2D eigenvalue weighted by Crippen LogP contribution is 2.25. The van der Waals surface area contributed by atoms with Crippen LogP contribution in [0.3, 0.4) is 0 Å². The van der Waals surface area contributed by atoms with Crippen molar-refractivity contribution in [2.45, 2.75) is 52.7 Å². The number of para-hydroxylation sites is 1. The van der Waals surface area contributed by atoms with Crippen LogP contribution in [0.25, 0.3) is 0 Å². The molecule has 0 aliphatic carbocycles. The first kappa shape index (κ1) is 21.1. The monoisotopic (exact) mass is 407 g/mol. The summed E-state index contributed by atoms with van der Waals surface area (Å²) < 4.78 is 5.88. The van der Waals surface area contributed by atoms with E-state index in [1.807, 2.05) is 49.6 Å². The maximum atomic E-state index is 12.7. The molecular formula is C25H29NO2S. The average Bonchev–Trinajstić information content (AvgIpc) is 3.16. The summed E-state index contributed by atoms with van der Waals surface area (Å²) in [6.45, 7) is 11.1. The summed E-state index contributed by atoms with van der Waals surface area (Å²) in [7, 11) is 0. The van der Waals surface area contributed by atoms with Crippen LogP contribution in [-0.4, -0.2) is 5.91 Å². The van der Waals surface area contributed by atoms with Crippen LogP contribution < -0.4 is 10.1 Å². The SMILES string of the molecule is Cc1ccccc1OCc1csc(C(=O)NC(C)c2ccc(C(C)(C)C)cc2)c1. The van der Waals surface area contributed by atoms with Crippen LogP contribution in [0.4, 0.5) is 0 Å². The predicted octanol–water partition coefficient (Wildman–Crippen LogP) is 6.42. The molecule has 4 heteroatoms. The quantitative estimate of drug-likeness (QED) is 0.512. The molecule has 29 heavy (non-hydrogen) atoms. The van der Waals surface area contributed by atoms with Gasteiger partial charge in [0.15, 0.2) is 0 Å². The lowest BCUT2D eigenvalue weighted by Gasteiger charge is -2.20. The fourth-order valence-corrected chi connectivity index (χ4v) is 3.87. The van der Waals surface area contributed by atoms with E-state index in [4.69, 9.17) is 4.74 Å². The van der Waals surface area contributed by atoms with Gasteiger partial charge in [-0.25, -0.2) is 0 Å². The molecule has 0 bridgehead atoms. The van der Waals surface area contributed by atoms with Crippen LogP contribution in [0.1, 0.15) is 65.7 Å². The second-order valence-electron chi connectivity index (χ2n) is 8.44. The number of benzene rings is 2. The maximum absolute atomic E-state index is 12.7. The Morgan fingerprint density at radius 1 is 1.10 bits per heavy atom. The first-order chi connectivity index (χ1) is 13.7. The van der Waals surface area contributed by atoms with Gasteiger partial charge in [0.25, 0.3) is 5.91 Å². The first-order valence-corrected chi connectivity index (χ1v) is 10.8. The van der Waals surface area contributed by atoms with Crippen LogP contribution in [-0.2, 0) is 12.0 Å². The van der Waals surface area contributed by atoms with Crippen molar-refractivity contribution in [1.82, 2.24) is 5.32 Å². The van der Waals surface area contributed by atoms with Gasteiger partial charge in [0.1, 0.15) is 12.4 Å². The molecule has 0 saturated carbocycles. The first-order valence-electron chi connectivity index (χ1n) is 9.91. The lowest BCUT2D eigenvalue weighted by atomic mass is 9.86. The minimum atomic E-state index is -0.0514. The molecule has 2 aromatic carbocycles. The minimum absolute atomic E-state index is 0.0507. The molecule has 1 aromatic heterocycles. The number of hydrogen-bond acceptors (Lipinski definition) is 3. The smallest absolute Gasteiger partial charge is 0.261 e. The number of aryl methyl sites for hydroxylation is 1. The molecule has 1 atom stereocenters. The lowest BCUT2D eigenvalue weighted by molar-refractivity contribution is 0.0944. The van der Waals surface area contributed by atoms with Crippen LogP contribution in [0.5, 0.6) is 5.75 Å². The Balaban J connectivity index is 1.59. The van der Waals surface area contributed by atoms with Gasteiger partial charge in [-0.2, -0.15) is 0 Å². The number of rotatable bonds is 6. The highest BCUT2D eigenvalue weighted by atomic mass is 32.1. The van der Waals surface area contributed by atoms with Crippen molar-refractivity contribution in [3.05, 3.63) is 87.1 Å². The Kier molecular flexibility index (Phi) is 6.43. The van der Waals surface area contributed by atoms with Crippen molar-refractivity contribution >= 4 is 17.2 Å². The fourth-order valence-electron chi connectivity index (χ4n) is 3.07. The van der Waals surface area contributed by atoms with E-state index in [-0.39, 0.29) is 17.4 Å². The van der Waals surface area contributed by atoms with Gasteiger partial charge in [0.05, 0.1) is 10.9 Å². The van der Waals surface area contributed by atoms with Crippen LogP contribution >= 0.6 is 11.3 Å². The number of amides is 1. The summed E-state index contributed by atoms with van der Waals surface area (Å²) in [5, 5.41) is 5.08. The van der Waals surface area contributed by atoms with Crippen LogP contribution in [0.2, 0.25) is 0 Å². The Labute approximate surface area is 177 Å². The van der Waals surface area contributed by atoms with E-state index in [0.717, 1.165) is 22.4 Å². The van der Waals surface area contributed by atoms with Crippen molar-refractivity contribution in [1.29, 1.82) is 0 Å². The molecule has 1 N–H and O–H groups in total. The summed E-state index contributed by atoms with van der Waals surface area (Å²) in [5.74, 6) is 0.821. The number of hydrogen-bond donors (Lipinski definition) is 1. The molecule has 1 heterocycles. The van der Waals surface area contributed by atoms with E-state index in [1.165, 1.54) is 16.9 Å². The Hall–Kier alpha value is -2.59. The predicted molar refractivity (Wildman–Crippen MR) is 121 cm³/mol. The normalized spacial score (nSPS) is 12.4. The summed E-state index contributed by atoms with van der Waals surface area (Å²) in [4.78, 5) is 13.4.